The van der Waals surface area contributed by atoms with Gasteiger partial charge < -0.3 is 14.8 Å². The minimum absolute atomic E-state index is 0.141. The lowest BCUT2D eigenvalue weighted by atomic mass is 9.76. The first-order valence-corrected chi connectivity index (χ1v) is 6.37. The Morgan fingerprint density at radius 2 is 1.45 bits per heavy atom. The van der Waals surface area contributed by atoms with Crippen LogP contribution in [0.1, 0.15) is 27.7 Å². The fraction of sp³-hybridized carbons (Fsp3) is 0.500. The molecule has 0 saturated carbocycles. The molecule has 0 unspecified atom stereocenters. The van der Waals surface area contributed by atoms with Crippen molar-refractivity contribution in [2.24, 2.45) is 0 Å². The molecule has 0 spiro atoms. The van der Waals surface area contributed by atoms with Crippen LogP contribution in [0, 0.1) is 20.2 Å². The number of hydrogen-bond donors (Lipinski definition) is 2. The maximum atomic E-state index is 10.8. The highest BCUT2D eigenvalue weighted by Crippen LogP contribution is 2.26. The lowest BCUT2D eigenvalue weighted by Crippen LogP contribution is -2.53. The number of rotatable bonds is 6. The summed E-state index contributed by atoms with van der Waals surface area (Å²) in [6.07, 6.45) is 0. The van der Waals surface area contributed by atoms with Crippen molar-refractivity contribution < 1.29 is 24.6 Å². The van der Waals surface area contributed by atoms with Gasteiger partial charge in [-0.15, -0.1) is 0 Å². The van der Waals surface area contributed by atoms with E-state index < -0.39 is 39.5 Å². The summed E-state index contributed by atoms with van der Waals surface area (Å²) in [5.74, 6) is 0. The summed E-state index contributed by atoms with van der Waals surface area (Å²) < 4.78 is 5.32. The van der Waals surface area contributed by atoms with E-state index in [2.05, 4.69) is 0 Å². The zero-order valence-electron chi connectivity index (χ0n) is 12.6. The number of hydrogen-bond acceptors (Lipinski definition) is 7. The van der Waals surface area contributed by atoms with Gasteiger partial charge in [-0.25, -0.2) is 0 Å². The zero-order valence-corrected chi connectivity index (χ0v) is 12.6. The first-order valence-electron chi connectivity index (χ1n) is 6.37. The quantitative estimate of drug-likeness (QED) is 0.449. The number of non-ortho nitro benzene ring substituents is 2. The number of aliphatic hydroxyl groups is 1. The Hall–Kier alpha value is -2.04. The molecule has 1 rings (SSSR count). The van der Waals surface area contributed by atoms with Crippen molar-refractivity contribution in [2.45, 2.75) is 38.9 Å². The molecule has 0 aromatic heterocycles. The van der Waals surface area contributed by atoms with E-state index in [1.807, 2.05) is 0 Å². The summed E-state index contributed by atoms with van der Waals surface area (Å²) in [6.45, 7) is 5.97. The Morgan fingerprint density at radius 3 is 1.77 bits per heavy atom. The molecule has 0 atom stereocenters. The monoisotopic (exact) mass is 312 g/mol. The largest absolute Gasteiger partial charge is 0.492 e. The first kappa shape index (κ1) is 18.0. The molecule has 120 valence electrons. The van der Waals surface area contributed by atoms with Gasteiger partial charge in [0.05, 0.1) is 27.1 Å². The molecule has 1 aromatic carbocycles. The summed E-state index contributed by atoms with van der Waals surface area (Å²) in [4.78, 5) is 20.0. The highest BCUT2D eigenvalue weighted by molar-refractivity contribution is 6.60. The molecule has 1 aromatic rings. The summed E-state index contributed by atoms with van der Waals surface area (Å²) in [5.41, 5.74) is -3.73. The smallest absolute Gasteiger partial charge is 0.423 e. The standard InChI is InChI=1S/C12H17BN2O7/c1-11(2,16)12(3,4)22-13(17)8-5-9(14(18)19)7-10(6-8)15(20)21/h5-7,16-17H,1-4H3. The minimum atomic E-state index is -1.67. The summed E-state index contributed by atoms with van der Waals surface area (Å²) >= 11 is 0. The second-order valence-corrected chi connectivity index (χ2v) is 5.84. The van der Waals surface area contributed by atoms with E-state index in [4.69, 9.17) is 4.65 Å². The predicted molar refractivity (Wildman–Crippen MR) is 78.8 cm³/mol. The molecule has 22 heavy (non-hydrogen) atoms. The predicted octanol–water partition coefficient (Wildman–Crippen LogP) is 0.757. The number of nitrogens with zero attached hydrogens (tertiary/aromatic N) is 2. The van der Waals surface area contributed by atoms with E-state index in [0.29, 0.717) is 0 Å². The van der Waals surface area contributed by atoms with Gasteiger partial charge in [-0.2, -0.15) is 0 Å². The number of nitro benzene ring substituents is 2. The van der Waals surface area contributed by atoms with E-state index in [9.17, 15) is 30.4 Å². The van der Waals surface area contributed by atoms with Crippen LogP contribution in [-0.2, 0) is 4.65 Å². The van der Waals surface area contributed by atoms with E-state index in [0.717, 1.165) is 18.2 Å². The molecule has 2 N–H and O–H groups in total. The molecule has 0 heterocycles. The molecule has 0 fully saturated rings. The summed E-state index contributed by atoms with van der Waals surface area (Å²) in [6, 6.07) is 2.76. The van der Waals surface area contributed by atoms with Crippen LogP contribution in [0.4, 0.5) is 11.4 Å². The van der Waals surface area contributed by atoms with Gasteiger partial charge in [0.25, 0.3) is 11.4 Å². The minimum Gasteiger partial charge on any atom is -0.423 e. The average molecular weight is 312 g/mol. The van der Waals surface area contributed by atoms with Crippen LogP contribution < -0.4 is 5.46 Å². The van der Waals surface area contributed by atoms with Crippen LogP contribution in [0.15, 0.2) is 18.2 Å². The fourth-order valence-corrected chi connectivity index (χ4v) is 1.46. The Bertz CT molecular complexity index is 565. The van der Waals surface area contributed by atoms with Crippen LogP contribution in [0.3, 0.4) is 0 Å². The first-order chi connectivity index (χ1) is 9.85. The molecular formula is C12H17BN2O7. The van der Waals surface area contributed by atoms with Crippen molar-refractivity contribution >= 4 is 24.0 Å². The van der Waals surface area contributed by atoms with Gasteiger partial charge in [-0.05, 0) is 33.2 Å². The molecule has 0 radical (unpaired) electrons. The number of benzene rings is 1. The van der Waals surface area contributed by atoms with E-state index >= 15 is 0 Å². The Kier molecular flexibility index (Phi) is 4.91. The van der Waals surface area contributed by atoms with Gasteiger partial charge in [-0.3, -0.25) is 20.2 Å². The third kappa shape index (κ3) is 4.00. The molecule has 9 nitrogen and oxygen atoms in total. The van der Waals surface area contributed by atoms with Crippen molar-refractivity contribution in [3.63, 3.8) is 0 Å². The molecule has 10 heteroatoms. The lowest BCUT2D eigenvalue weighted by molar-refractivity contribution is -0.394. The van der Waals surface area contributed by atoms with Crippen LogP contribution in [0.2, 0.25) is 0 Å². The van der Waals surface area contributed by atoms with Crippen molar-refractivity contribution in [2.75, 3.05) is 0 Å². The molecule has 0 aliphatic rings. The molecule has 0 saturated heterocycles. The van der Waals surface area contributed by atoms with Gasteiger partial charge in [0.15, 0.2) is 0 Å². The normalized spacial score (nSPS) is 12.1. The van der Waals surface area contributed by atoms with E-state index in [1.165, 1.54) is 27.7 Å². The van der Waals surface area contributed by atoms with Crippen molar-refractivity contribution in [1.29, 1.82) is 0 Å². The Labute approximate surface area is 127 Å². The SMILES string of the molecule is CC(C)(O)C(C)(C)OB(O)c1cc([N+](=O)[O-])cc([N+](=O)[O-])c1. The number of nitro groups is 2. The van der Waals surface area contributed by atoms with Gasteiger partial charge in [-0.1, -0.05) is 0 Å². The van der Waals surface area contributed by atoms with Crippen LogP contribution in [0.25, 0.3) is 0 Å². The fourth-order valence-electron chi connectivity index (χ4n) is 1.46. The van der Waals surface area contributed by atoms with Crippen molar-refractivity contribution in [3.05, 3.63) is 38.4 Å². The summed E-state index contributed by atoms with van der Waals surface area (Å²) in [5, 5.41) is 41.7. The van der Waals surface area contributed by atoms with Gasteiger partial charge in [0.1, 0.15) is 0 Å². The topological polar surface area (TPSA) is 136 Å². The molecule has 0 amide bonds. The van der Waals surface area contributed by atoms with E-state index in [-0.39, 0.29) is 5.46 Å². The third-order valence-corrected chi connectivity index (χ3v) is 3.51. The lowest BCUT2D eigenvalue weighted by Gasteiger charge is -2.38. The maximum absolute atomic E-state index is 10.8. The van der Waals surface area contributed by atoms with Crippen molar-refractivity contribution in [3.8, 4) is 0 Å². The van der Waals surface area contributed by atoms with E-state index in [1.54, 1.807) is 0 Å². The van der Waals surface area contributed by atoms with Gasteiger partial charge in [0, 0.05) is 12.1 Å². The van der Waals surface area contributed by atoms with Crippen LogP contribution in [-0.4, -0.2) is 38.3 Å². The second kappa shape index (κ2) is 5.99. The summed E-state index contributed by atoms with van der Waals surface area (Å²) in [7, 11) is -1.67. The second-order valence-electron chi connectivity index (χ2n) is 5.84. The highest BCUT2D eigenvalue weighted by Gasteiger charge is 2.40. The van der Waals surface area contributed by atoms with Gasteiger partial charge in [0.2, 0.25) is 0 Å². The maximum Gasteiger partial charge on any atom is 0.492 e. The third-order valence-electron chi connectivity index (χ3n) is 3.51. The molecular weight excluding hydrogens is 295 g/mol. The molecule has 0 aliphatic carbocycles. The zero-order chi connectivity index (χ0) is 17.3. The highest BCUT2D eigenvalue weighted by atomic mass is 16.6. The Morgan fingerprint density at radius 1 is 1.05 bits per heavy atom. The molecule has 0 aliphatic heterocycles. The molecule has 0 bridgehead atoms. The average Bonchev–Trinajstić information content (AvgIpc) is 2.36. The van der Waals surface area contributed by atoms with Crippen LogP contribution >= 0.6 is 0 Å². The van der Waals surface area contributed by atoms with Crippen molar-refractivity contribution in [1.82, 2.24) is 0 Å². The Balaban J connectivity index is 3.20. The van der Waals surface area contributed by atoms with Crippen LogP contribution in [0.5, 0.6) is 0 Å². The van der Waals surface area contributed by atoms with Gasteiger partial charge >= 0.3 is 7.12 Å².